The predicted octanol–water partition coefficient (Wildman–Crippen LogP) is 4.95. The van der Waals surface area contributed by atoms with Crippen molar-refractivity contribution in [2.45, 2.75) is 24.6 Å². The summed E-state index contributed by atoms with van der Waals surface area (Å²) in [5.74, 6) is -2.24. The molecule has 0 saturated carbocycles. The Balaban J connectivity index is 2.02. The first-order valence-electron chi connectivity index (χ1n) is 12.1. The van der Waals surface area contributed by atoms with Crippen LogP contribution in [0.15, 0.2) is 121 Å². The Hall–Kier alpha value is -4.91. The van der Waals surface area contributed by atoms with Crippen molar-refractivity contribution in [3.05, 3.63) is 144 Å². The molecule has 0 fully saturated rings. The van der Waals surface area contributed by atoms with E-state index in [1.807, 2.05) is 109 Å². The molecule has 0 bridgehead atoms. The molecule has 4 rings (SSSR count). The van der Waals surface area contributed by atoms with E-state index in [-0.39, 0.29) is 6.61 Å². The van der Waals surface area contributed by atoms with Crippen molar-refractivity contribution in [2.24, 2.45) is 5.73 Å². The van der Waals surface area contributed by atoms with Gasteiger partial charge >= 0.3 is 12.1 Å². The number of primary amides is 1. The average Bonchev–Trinajstić information content (AvgIpc) is 2.95. The zero-order valence-corrected chi connectivity index (χ0v) is 20.6. The maximum absolute atomic E-state index is 14.1. The van der Waals surface area contributed by atoms with Gasteiger partial charge in [0.15, 0.2) is 0 Å². The molecule has 0 aromatic heterocycles. The number of carboxylic acids is 1. The highest BCUT2D eigenvalue weighted by atomic mass is 16.6. The quantitative estimate of drug-likeness (QED) is 0.295. The van der Waals surface area contributed by atoms with Crippen LogP contribution in [0.4, 0.5) is 4.79 Å². The molecule has 0 spiro atoms. The summed E-state index contributed by atoms with van der Waals surface area (Å²) in [6.07, 6.45) is -1.51. The first-order chi connectivity index (χ1) is 18.4. The second-order valence-corrected chi connectivity index (χ2v) is 8.74. The number of hydrogen-bond acceptors (Lipinski definition) is 4. The van der Waals surface area contributed by atoms with E-state index in [2.05, 4.69) is 0 Å². The molecule has 0 radical (unpaired) electrons. The van der Waals surface area contributed by atoms with Crippen LogP contribution >= 0.6 is 0 Å². The van der Waals surface area contributed by atoms with Gasteiger partial charge in [-0.2, -0.15) is 0 Å². The molecular weight excluding hydrogens is 480 g/mol. The Morgan fingerprint density at radius 2 is 1.11 bits per heavy atom. The van der Waals surface area contributed by atoms with Gasteiger partial charge in [-0.25, -0.2) is 9.59 Å². The smallest absolute Gasteiger partial charge is 0.412 e. The van der Waals surface area contributed by atoms with Gasteiger partial charge in [0.2, 0.25) is 5.91 Å². The van der Waals surface area contributed by atoms with Crippen LogP contribution in [0, 0.1) is 0 Å². The van der Waals surface area contributed by atoms with Crippen LogP contribution in [-0.4, -0.2) is 34.0 Å². The normalized spacial score (nSPS) is 11.8. The number of carboxylic acid groups (broad SMARTS) is 1. The topological polar surface area (TPSA) is 110 Å². The van der Waals surface area contributed by atoms with Gasteiger partial charge in [-0.15, -0.1) is 0 Å². The van der Waals surface area contributed by atoms with Gasteiger partial charge in [0.1, 0.15) is 18.2 Å². The summed E-state index contributed by atoms with van der Waals surface area (Å²) >= 11 is 0. The number of nitrogens with two attached hydrogens (primary N) is 1. The van der Waals surface area contributed by atoms with Crippen LogP contribution in [-0.2, 0) is 26.5 Å². The maximum atomic E-state index is 14.1. The number of hydrogen-bond donors (Lipinski definition) is 2. The van der Waals surface area contributed by atoms with E-state index in [1.54, 1.807) is 12.1 Å². The molecule has 7 heteroatoms. The third-order valence-electron chi connectivity index (χ3n) is 6.33. The number of rotatable bonds is 10. The van der Waals surface area contributed by atoms with E-state index in [1.165, 1.54) is 0 Å². The van der Waals surface area contributed by atoms with Crippen molar-refractivity contribution >= 4 is 18.0 Å². The van der Waals surface area contributed by atoms with Gasteiger partial charge in [-0.3, -0.25) is 9.69 Å². The highest BCUT2D eigenvalue weighted by Crippen LogP contribution is 2.44. The summed E-state index contributed by atoms with van der Waals surface area (Å²) < 4.78 is 5.74. The third kappa shape index (κ3) is 5.42. The van der Waals surface area contributed by atoms with Gasteiger partial charge in [0.05, 0.1) is 6.42 Å². The number of ether oxygens (including phenoxy) is 1. The number of carbonyl (C=O) groups excluding carboxylic acids is 2. The molecule has 1 atom stereocenters. The van der Waals surface area contributed by atoms with Crippen molar-refractivity contribution in [3.8, 4) is 0 Å². The monoisotopic (exact) mass is 508 g/mol. The van der Waals surface area contributed by atoms with E-state index in [9.17, 15) is 19.5 Å². The fourth-order valence-electron chi connectivity index (χ4n) is 4.72. The first kappa shape index (κ1) is 26.2. The van der Waals surface area contributed by atoms with Gasteiger partial charge < -0.3 is 15.6 Å². The molecule has 4 aromatic rings. The minimum atomic E-state index is -1.63. The molecule has 0 aliphatic heterocycles. The highest BCUT2D eigenvalue weighted by molar-refractivity contribution is 5.87. The molecule has 0 saturated heterocycles. The number of amides is 2. The molecule has 4 aromatic carbocycles. The Morgan fingerprint density at radius 1 is 0.711 bits per heavy atom. The molecule has 192 valence electrons. The van der Waals surface area contributed by atoms with Crippen molar-refractivity contribution in [1.29, 1.82) is 0 Å². The Bertz CT molecular complexity index is 1270. The Labute approximate surface area is 221 Å². The number of nitrogens with zero attached hydrogens (tertiary/aromatic N) is 1. The Kier molecular flexibility index (Phi) is 8.18. The summed E-state index contributed by atoms with van der Waals surface area (Å²) in [6.45, 7) is -0.0897. The number of benzene rings is 4. The molecule has 0 unspecified atom stereocenters. The van der Waals surface area contributed by atoms with Crippen LogP contribution in [0.5, 0.6) is 0 Å². The van der Waals surface area contributed by atoms with Crippen molar-refractivity contribution in [2.75, 3.05) is 0 Å². The lowest BCUT2D eigenvalue weighted by molar-refractivity contribution is -0.146. The minimum absolute atomic E-state index is 0.0897. The van der Waals surface area contributed by atoms with Gasteiger partial charge in [-0.05, 0) is 22.3 Å². The lowest BCUT2D eigenvalue weighted by Gasteiger charge is -2.47. The van der Waals surface area contributed by atoms with Crippen molar-refractivity contribution in [1.82, 2.24) is 4.90 Å². The molecule has 0 aliphatic carbocycles. The van der Waals surface area contributed by atoms with Crippen molar-refractivity contribution < 1.29 is 24.2 Å². The summed E-state index contributed by atoms with van der Waals surface area (Å²) in [5.41, 5.74) is 6.61. The fraction of sp³-hybridized carbons (Fsp3) is 0.129. The molecule has 38 heavy (non-hydrogen) atoms. The van der Waals surface area contributed by atoms with Gasteiger partial charge in [-0.1, -0.05) is 121 Å². The molecule has 3 N–H and O–H groups in total. The van der Waals surface area contributed by atoms with Crippen LogP contribution < -0.4 is 5.73 Å². The van der Waals surface area contributed by atoms with Crippen LogP contribution in [0.3, 0.4) is 0 Å². The van der Waals surface area contributed by atoms with E-state index in [4.69, 9.17) is 10.5 Å². The predicted molar refractivity (Wildman–Crippen MR) is 143 cm³/mol. The van der Waals surface area contributed by atoms with Gasteiger partial charge in [0.25, 0.3) is 0 Å². The third-order valence-corrected chi connectivity index (χ3v) is 6.33. The second kappa shape index (κ2) is 11.9. The molecular formula is C31H28N2O5. The summed E-state index contributed by atoms with van der Waals surface area (Å²) in [7, 11) is 0. The number of carbonyl (C=O) groups is 3. The first-order valence-corrected chi connectivity index (χ1v) is 12.1. The molecule has 7 nitrogen and oxygen atoms in total. The zero-order valence-electron chi connectivity index (χ0n) is 20.6. The summed E-state index contributed by atoms with van der Waals surface area (Å²) in [5, 5.41) is 10.4. The largest absolute Gasteiger partial charge is 0.480 e. The minimum Gasteiger partial charge on any atom is -0.480 e. The SMILES string of the molecule is NC(=O)C[C@@H](C(=O)O)N(C(=O)OCc1ccccc1)C(c1ccccc1)(c1ccccc1)c1ccccc1. The fourth-order valence-corrected chi connectivity index (χ4v) is 4.72. The molecule has 2 amide bonds. The van der Waals surface area contributed by atoms with E-state index < -0.39 is 36.0 Å². The number of aliphatic carboxylic acids is 1. The van der Waals surface area contributed by atoms with E-state index in [0.717, 1.165) is 10.5 Å². The lowest BCUT2D eigenvalue weighted by Crippen LogP contribution is -2.59. The van der Waals surface area contributed by atoms with Crippen molar-refractivity contribution in [3.63, 3.8) is 0 Å². The summed E-state index contributed by atoms with van der Waals surface area (Å²) in [4.78, 5) is 40.1. The average molecular weight is 509 g/mol. The standard InChI is InChI=1S/C31H28N2O5/c32-28(34)21-27(29(35)36)33(30(37)38-22-23-13-5-1-6-14-23)31(24-15-7-2-8-16-24,25-17-9-3-10-18-25)26-19-11-4-12-20-26/h1-20,27H,21-22H2,(H2,32,34)(H,35,36)/t27-/m0/s1. The van der Waals surface area contributed by atoms with Crippen LogP contribution in [0.25, 0.3) is 0 Å². The molecule has 0 aliphatic rings. The zero-order chi connectivity index (χ0) is 27.0. The highest BCUT2D eigenvalue weighted by Gasteiger charge is 2.51. The van der Waals surface area contributed by atoms with E-state index >= 15 is 0 Å². The summed E-state index contributed by atoms with van der Waals surface area (Å²) in [6, 6.07) is 34.7. The Morgan fingerprint density at radius 3 is 1.47 bits per heavy atom. The maximum Gasteiger partial charge on any atom is 0.412 e. The van der Waals surface area contributed by atoms with Gasteiger partial charge in [0, 0.05) is 0 Å². The van der Waals surface area contributed by atoms with Crippen LogP contribution in [0.2, 0.25) is 0 Å². The van der Waals surface area contributed by atoms with Crippen LogP contribution in [0.1, 0.15) is 28.7 Å². The molecule has 0 heterocycles. The lowest BCUT2D eigenvalue weighted by atomic mass is 9.74. The van der Waals surface area contributed by atoms with E-state index in [0.29, 0.717) is 16.7 Å². The second-order valence-electron chi connectivity index (χ2n) is 8.74.